The van der Waals surface area contributed by atoms with E-state index in [0.29, 0.717) is 12.8 Å². The van der Waals surface area contributed by atoms with Crippen LogP contribution in [0.2, 0.25) is 0 Å². The molecule has 0 bridgehead atoms. The van der Waals surface area contributed by atoms with Crippen LogP contribution in [-0.2, 0) is 14.3 Å². The molecular weight excluding hydrogens is 520 g/mol. The highest BCUT2D eigenvalue weighted by Crippen LogP contribution is 2.17. The minimum absolute atomic E-state index is 0.0161. The molecule has 0 amide bonds. The molecule has 0 radical (unpaired) electrons. The molecule has 0 fully saturated rings. The van der Waals surface area contributed by atoms with Gasteiger partial charge in [-0.05, 0) is 51.4 Å². The lowest BCUT2D eigenvalue weighted by atomic mass is 10.0. The number of rotatable bonds is 34. The van der Waals surface area contributed by atoms with Gasteiger partial charge in [-0.15, -0.1) is 0 Å². The number of ether oxygens (including phenoxy) is 1. The maximum atomic E-state index is 12.2. The van der Waals surface area contributed by atoms with E-state index in [4.69, 9.17) is 9.84 Å². The summed E-state index contributed by atoms with van der Waals surface area (Å²) in [4.78, 5) is 22.7. The minimum atomic E-state index is -0.661. The SMILES string of the molecule is CCCC/C=C\CCCCCCCC(=O)OC(CC)CCCCCCCCCCCCCCCCCCCCC(=O)O. The standard InChI is InChI=1S/C38H72O4/c1-3-5-6-7-8-9-18-23-26-29-32-35-38(41)42-36(4-2)33-30-27-24-21-19-16-14-12-10-11-13-15-17-20-22-25-28-31-34-37(39)40/h7-8,36H,3-6,9-35H2,1-2H3,(H,39,40)/b8-7-. The van der Waals surface area contributed by atoms with E-state index >= 15 is 0 Å². The number of allylic oxidation sites excluding steroid dienone is 2. The third-order valence-electron chi connectivity index (χ3n) is 8.56. The van der Waals surface area contributed by atoms with Crippen molar-refractivity contribution in [3.63, 3.8) is 0 Å². The molecule has 0 saturated carbocycles. The fourth-order valence-electron chi connectivity index (χ4n) is 5.69. The molecule has 4 heteroatoms. The van der Waals surface area contributed by atoms with E-state index in [1.54, 1.807) is 0 Å². The van der Waals surface area contributed by atoms with Gasteiger partial charge >= 0.3 is 11.9 Å². The van der Waals surface area contributed by atoms with Crippen molar-refractivity contribution in [1.82, 2.24) is 0 Å². The fourth-order valence-corrected chi connectivity index (χ4v) is 5.69. The van der Waals surface area contributed by atoms with E-state index in [0.717, 1.165) is 38.5 Å². The Labute approximate surface area is 262 Å². The van der Waals surface area contributed by atoms with Crippen LogP contribution in [0.25, 0.3) is 0 Å². The van der Waals surface area contributed by atoms with E-state index in [-0.39, 0.29) is 12.1 Å². The van der Waals surface area contributed by atoms with Gasteiger partial charge in [-0.2, -0.15) is 0 Å². The van der Waals surface area contributed by atoms with Gasteiger partial charge in [0.15, 0.2) is 0 Å². The topological polar surface area (TPSA) is 63.6 Å². The summed E-state index contributed by atoms with van der Waals surface area (Å²) in [7, 11) is 0. The number of aliphatic carboxylic acids is 1. The second kappa shape index (κ2) is 34.2. The Kier molecular flexibility index (Phi) is 33.1. The summed E-state index contributed by atoms with van der Waals surface area (Å²) in [6.07, 6.45) is 41.8. The predicted molar refractivity (Wildman–Crippen MR) is 181 cm³/mol. The van der Waals surface area contributed by atoms with E-state index in [1.807, 2.05) is 0 Å². The summed E-state index contributed by atoms with van der Waals surface area (Å²) in [6, 6.07) is 0. The Bertz CT molecular complexity index is 600. The van der Waals surface area contributed by atoms with Gasteiger partial charge in [-0.1, -0.05) is 161 Å². The second-order valence-corrected chi connectivity index (χ2v) is 12.7. The van der Waals surface area contributed by atoms with Crippen LogP contribution in [0.15, 0.2) is 12.2 Å². The largest absolute Gasteiger partial charge is 0.481 e. The van der Waals surface area contributed by atoms with Crippen molar-refractivity contribution in [2.45, 2.75) is 219 Å². The molecule has 0 aliphatic rings. The number of carboxylic acid groups (broad SMARTS) is 1. The van der Waals surface area contributed by atoms with Gasteiger partial charge in [-0.25, -0.2) is 0 Å². The number of hydrogen-bond donors (Lipinski definition) is 1. The monoisotopic (exact) mass is 593 g/mol. The first-order valence-corrected chi connectivity index (χ1v) is 18.7. The zero-order valence-electron chi connectivity index (χ0n) is 28.3. The Morgan fingerprint density at radius 3 is 1.33 bits per heavy atom. The van der Waals surface area contributed by atoms with E-state index < -0.39 is 5.97 Å². The van der Waals surface area contributed by atoms with Crippen LogP contribution in [0.4, 0.5) is 0 Å². The summed E-state index contributed by atoms with van der Waals surface area (Å²) in [5, 5.41) is 8.64. The molecule has 0 aromatic rings. The van der Waals surface area contributed by atoms with E-state index in [9.17, 15) is 9.59 Å². The molecule has 42 heavy (non-hydrogen) atoms. The molecule has 0 saturated heterocycles. The van der Waals surface area contributed by atoms with Crippen molar-refractivity contribution in [1.29, 1.82) is 0 Å². The van der Waals surface area contributed by atoms with Crippen LogP contribution >= 0.6 is 0 Å². The Morgan fingerprint density at radius 1 is 0.524 bits per heavy atom. The first-order valence-electron chi connectivity index (χ1n) is 18.7. The van der Waals surface area contributed by atoms with Crippen molar-refractivity contribution in [2.24, 2.45) is 0 Å². The van der Waals surface area contributed by atoms with Crippen molar-refractivity contribution >= 4 is 11.9 Å². The van der Waals surface area contributed by atoms with Gasteiger partial charge in [0, 0.05) is 12.8 Å². The zero-order valence-corrected chi connectivity index (χ0v) is 28.3. The van der Waals surface area contributed by atoms with Crippen molar-refractivity contribution in [3.05, 3.63) is 12.2 Å². The highest BCUT2D eigenvalue weighted by atomic mass is 16.5. The van der Waals surface area contributed by atoms with Gasteiger partial charge < -0.3 is 9.84 Å². The predicted octanol–water partition coefficient (Wildman–Crippen LogP) is 12.7. The van der Waals surface area contributed by atoms with Crippen molar-refractivity contribution in [3.8, 4) is 0 Å². The summed E-state index contributed by atoms with van der Waals surface area (Å²) in [5.41, 5.74) is 0. The maximum Gasteiger partial charge on any atom is 0.306 e. The van der Waals surface area contributed by atoms with Gasteiger partial charge in [-0.3, -0.25) is 9.59 Å². The van der Waals surface area contributed by atoms with E-state index in [2.05, 4.69) is 26.0 Å². The molecule has 0 aliphatic heterocycles. The third kappa shape index (κ3) is 33.2. The molecule has 0 aromatic carbocycles. The van der Waals surface area contributed by atoms with Crippen LogP contribution in [0, 0.1) is 0 Å². The lowest BCUT2D eigenvalue weighted by Crippen LogP contribution is -2.17. The first kappa shape index (κ1) is 40.7. The molecule has 1 unspecified atom stereocenters. The maximum absolute atomic E-state index is 12.2. The molecular formula is C38H72O4. The number of unbranched alkanes of at least 4 members (excludes halogenated alkanes) is 24. The number of carboxylic acids is 1. The zero-order chi connectivity index (χ0) is 30.8. The summed E-state index contributed by atoms with van der Waals surface area (Å²) < 4.78 is 5.77. The molecule has 0 aliphatic carbocycles. The highest BCUT2D eigenvalue weighted by molar-refractivity contribution is 5.69. The lowest BCUT2D eigenvalue weighted by Gasteiger charge is -2.16. The quantitative estimate of drug-likeness (QED) is 0.0458. The molecule has 0 rings (SSSR count). The van der Waals surface area contributed by atoms with Gasteiger partial charge in [0.05, 0.1) is 0 Å². The van der Waals surface area contributed by atoms with Crippen LogP contribution in [0.3, 0.4) is 0 Å². The fraction of sp³-hybridized carbons (Fsp3) is 0.895. The number of esters is 1. The highest BCUT2D eigenvalue weighted by Gasteiger charge is 2.12. The van der Waals surface area contributed by atoms with Gasteiger partial charge in [0.2, 0.25) is 0 Å². The minimum Gasteiger partial charge on any atom is -0.481 e. The number of carbonyl (C=O) groups is 2. The molecule has 4 nitrogen and oxygen atoms in total. The summed E-state index contributed by atoms with van der Waals surface area (Å²) >= 11 is 0. The molecule has 248 valence electrons. The van der Waals surface area contributed by atoms with Gasteiger partial charge in [0.1, 0.15) is 6.10 Å². The molecule has 0 heterocycles. The molecule has 0 spiro atoms. The molecule has 1 atom stereocenters. The third-order valence-corrected chi connectivity index (χ3v) is 8.56. The van der Waals surface area contributed by atoms with Crippen molar-refractivity contribution in [2.75, 3.05) is 0 Å². The number of hydrogen-bond acceptors (Lipinski definition) is 3. The van der Waals surface area contributed by atoms with Crippen LogP contribution in [0.5, 0.6) is 0 Å². The average Bonchev–Trinajstić information content (AvgIpc) is 2.98. The smallest absolute Gasteiger partial charge is 0.306 e. The average molecular weight is 593 g/mol. The Morgan fingerprint density at radius 2 is 0.905 bits per heavy atom. The van der Waals surface area contributed by atoms with Crippen LogP contribution in [-0.4, -0.2) is 23.1 Å². The van der Waals surface area contributed by atoms with Crippen LogP contribution in [0.1, 0.15) is 213 Å². The summed E-state index contributed by atoms with van der Waals surface area (Å²) in [5.74, 6) is -0.645. The molecule has 1 N–H and O–H groups in total. The lowest BCUT2D eigenvalue weighted by molar-refractivity contribution is -0.149. The van der Waals surface area contributed by atoms with E-state index in [1.165, 1.54) is 148 Å². The normalized spacial score (nSPS) is 12.2. The van der Waals surface area contributed by atoms with Crippen LogP contribution < -0.4 is 0 Å². The molecule has 0 aromatic heterocycles. The number of carbonyl (C=O) groups excluding carboxylic acids is 1. The van der Waals surface area contributed by atoms with Crippen molar-refractivity contribution < 1.29 is 19.4 Å². The Balaban J connectivity index is 3.38. The van der Waals surface area contributed by atoms with Gasteiger partial charge in [0.25, 0.3) is 0 Å². The Hall–Kier alpha value is -1.32. The second-order valence-electron chi connectivity index (χ2n) is 12.7. The first-order chi connectivity index (χ1) is 20.6. The summed E-state index contributed by atoms with van der Waals surface area (Å²) in [6.45, 7) is 4.38.